The topological polar surface area (TPSA) is 32.6 Å². The zero-order chi connectivity index (χ0) is 13.0. The van der Waals surface area contributed by atoms with Crippen molar-refractivity contribution >= 4 is 16.3 Å². The molecule has 0 amide bonds. The first kappa shape index (κ1) is 13.5. The quantitative estimate of drug-likeness (QED) is 0.780. The Labute approximate surface area is 113 Å². The summed E-state index contributed by atoms with van der Waals surface area (Å²) in [6.07, 6.45) is 5.35. The van der Waals surface area contributed by atoms with Crippen molar-refractivity contribution in [2.24, 2.45) is 0 Å². The average molecular weight is 266 g/mol. The Hall–Kier alpha value is -0.910. The second-order valence-corrected chi connectivity index (χ2v) is 5.61. The molecule has 1 unspecified atom stereocenters. The number of hydrogen-bond donors (Lipinski definition) is 1. The van der Waals surface area contributed by atoms with Crippen LogP contribution in [0.25, 0.3) is 4.96 Å². The van der Waals surface area contributed by atoms with E-state index < -0.39 is 0 Å². The van der Waals surface area contributed by atoms with E-state index in [1.807, 2.05) is 6.20 Å². The molecular weight excluding hydrogens is 244 g/mol. The van der Waals surface area contributed by atoms with Crippen molar-refractivity contribution in [1.29, 1.82) is 0 Å². The molecular formula is C13H22N4S. The lowest BCUT2D eigenvalue weighted by Gasteiger charge is -2.23. The molecule has 0 saturated carbocycles. The smallest absolute Gasteiger partial charge is 0.193 e. The molecule has 100 valence electrons. The molecule has 2 aromatic rings. The summed E-state index contributed by atoms with van der Waals surface area (Å²) in [6, 6.07) is 0.657. The first-order chi connectivity index (χ1) is 8.70. The van der Waals surface area contributed by atoms with E-state index in [1.165, 1.54) is 6.42 Å². The van der Waals surface area contributed by atoms with Crippen LogP contribution in [0.5, 0.6) is 0 Å². The van der Waals surface area contributed by atoms with Crippen LogP contribution in [-0.2, 0) is 6.54 Å². The zero-order valence-electron chi connectivity index (χ0n) is 11.4. The highest BCUT2D eigenvalue weighted by Crippen LogP contribution is 2.10. The Balaban J connectivity index is 1.71. The Morgan fingerprint density at radius 2 is 2.39 bits per heavy atom. The van der Waals surface area contributed by atoms with E-state index in [4.69, 9.17) is 0 Å². The third-order valence-corrected chi connectivity index (χ3v) is 4.20. The summed E-state index contributed by atoms with van der Waals surface area (Å²) >= 11 is 1.67. The molecule has 0 bridgehead atoms. The molecule has 1 N–H and O–H groups in total. The van der Waals surface area contributed by atoms with E-state index in [0.717, 1.165) is 30.3 Å². The Kier molecular flexibility index (Phi) is 4.74. The number of rotatable bonds is 7. The van der Waals surface area contributed by atoms with Gasteiger partial charge in [0, 0.05) is 43.4 Å². The number of aromatic nitrogens is 2. The second kappa shape index (κ2) is 6.31. The predicted molar refractivity (Wildman–Crippen MR) is 77.2 cm³/mol. The molecule has 0 fully saturated rings. The van der Waals surface area contributed by atoms with Crippen LogP contribution < -0.4 is 5.32 Å². The molecule has 2 heterocycles. The normalized spacial score (nSPS) is 13.6. The number of nitrogens with one attached hydrogen (secondary N) is 1. The van der Waals surface area contributed by atoms with Gasteiger partial charge in [-0.3, -0.25) is 4.40 Å². The summed E-state index contributed by atoms with van der Waals surface area (Å²) in [7, 11) is 2.18. The van der Waals surface area contributed by atoms with Crippen LogP contribution in [0.1, 0.15) is 26.0 Å². The summed E-state index contributed by atoms with van der Waals surface area (Å²) in [5, 5.41) is 5.51. The molecule has 0 aliphatic rings. The van der Waals surface area contributed by atoms with Crippen molar-refractivity contribution in [3.05, 3.63) is 23.5 Å². The molecule has 0 spiro atoms. The van der Waals surface area contributed by atoms with Crippen LogP contribution in [0.2, 0.25) is 0 Å². The SMILES string of the molecule is CCC(C)N(C)CCNCc1cn2ccsc2n1. The molecule has 2 aromatic heterocycles. The highest BCUT2D eigenvalue weighted by atomic mass is 32.1. The van der Waals surface area contributed by atoms with E-state index in [0.29, 0.717) is 6.04 Å². The number of fused-ring (bicyclic) bond motifs is 1. The first-order valence-electron chi connectivity index (χ1n) is 6.52. The number of nitrogens with zero attached hydrogens (tertiary/aromatic N) is 3. The van der Waals surface area contributed by atoms with Crippen LogP contribution in [0.3, 0.4) is 0 Å². The third-order valence-electron chi connectivity index (χ3n) is 3.43. The van der Waals surface area contributed by atoms with Crippen molar-refractivity contribution in [3.8, 4) is 0 Å². The van der Waals surface area contributed by atoms with Gasteiger partial charge in [-0.15, -0.1) is 11.3 Å². The van der Waals surface area contributed by atoms with Gasteiger partial charge in [0.05, 0.1) is 5.69 Å². The zero-order valence-corrected chi connectivity index (χ0v) is 12.2. The van der Waals surface area contributed by atoms with Crippen LogP contribution in [0.15, 0.2) is 17.8 Å². The molecule has 18 heavy (non-hydrogen) atoms. The van der Waals surface area contributed by atoms with E-state index in [2.05, 4.69) is 52.1 Å². The maximum atomic E-state index is 4.55. The standard InChI is InChI=1S/C13H22N4S/c1-4-11(2)16(3)6-5-14-9-12-10-17-7-8-18-13(17)15-12/h7-8,10-11,14H,4-6,9H2,1-3H3. The van der Waals surface area contributed by atoms with Crippen LogP contribution in [-0.4, -0.2) is 40.5 Å². The van der Waals surface area contributed by atoms with E-state index in [1.54, 1.807) is 11.3 Å². The second-order valence-electron chi connectivity index (χ2n) is 4.74. The maximum absolute atomic E-state index is 4.55. The molecule has 0 aliphatic carbocycles. The Bertz CT molecular complexity index is 447. The van der Waals surface area contributed by atoms with E-state index in [-0.39, 0.29) is 0 Å². The fourth-order valence-corrected chi connectivity index (χ4v) is 2.58. The minimum Gasteiger partial charge on any atom is -0.310 e. The number of hydrogen-bond acceptors (Lipinski definition) is 4. The van der Waals surface area contributed by atoms with E-state index >= 15 is 0 Å². The Morgan fingerprint density at radius 1 is 1.56 bits per heavy atom. The molecule has 5 heteroatoms. The van der Waals surface area contributed by atoms with Gasteiger partial charge in [-0.1, -0.05) is 6.92 Å². The average Bonchev–Trinajstić information content (AvgIpc) is 2.93. The van der Waals surface area contributed by atoms with Gasteiger partial charge in [0.25, 0.3) is 0 Å². The lowest BCUT2D eigenvalue weighted by atomic mass is 10.2. The van der Waals surface area contributed by atoms with Crippen LogP contribution in [0, 0.1) is 0 Å². The monoisotopic (exact) mass is 266 g/mol. The molecule has 2 rings (SSSR count). The van der Waals surface area contributed by atoms with Gasteiger partial charge in [0.2, 0.25) is 0 Å². The summed E-state index contributed by atoms with van der Waals surface area (Å²) in [5.74, 6) is 0. The lowest BCUT2D eigenvalue weighted by Crippen LogP contribution is -2.34. The summed E-state index contributed by atoms with van der Waals surface area (Å²) in [6.45, 7) is 7.43. The van der Waals surface area contributed by atoms with Crippen LogP contribution >= 0.6 is 11.3 Å². The highest BCUT2D eigenvalue weighted by Gasteiger charge is 2.06. The van der Waals surface area contributed by atoms with Crippen molar-refractivity contribution in [3.63, 3.8) is 0 Å². The Morgan fingerprint density at radius 3 is 3.11 bits per heavy atom. The first-order valence-corrected chi connectivity index (χ1v) is 7.40. The summed E-state index contributed by atoms with van der Waals surface area (Å²) in [5.41, 5.74) is 1.12. The predicted octanol–water partition coefficient (Wildman–Crippen LogP) is 2.22. The molecule has 0 radical (unpaired) electrons. The van der Waals surface area contributed by atoms with Gasteiger partial charge in [-0.25, -0.2) is 4.98 Å². The van der Waals surface area contributed by atoms with Crippen molar-refractivity contribution in [2.45, 2.75) is 32.9 Å². The molecule has 0 aliphatic heterocycles. The fraction of sp³-hybridized carbons (Fsp3) is 0.615. The van der Waals surface area contributed by atoms with Crippen molar-refractivity contribution in [1.82, 2.24) is 19.6 Å². The van der Waals surface area contributed by atoms with Gasteiger partial charge in [-0.05, 0) is 20.4 Å². The maximum Gasteiger partial charge on any atom is 0.193 e. The largest absolute Gasteiger partial charge is 0.310 e. The molecule has 0 aromatic carbocycles. The molecule has 4 nitrogen and oxygen atoms in total. The highest BCUT2D eigenvalue weighted by molar-refractivity contribution is 7.15. The third kappa shape index (κ3) is 3.31. The summed E-state index contributed by atoms with van der Waals surface area (Å²) in [4.78, 5) is 8.01. The van der Waals surface area contributed by atoms with Gasteiger partial charge in [0.1, 0.15) is 0 Å². The lowest BCUT2D eigenvalue weighted by molar-refractivity contribution is 0.251. The van der Waals surface area contributed by atoms with Crippen molar-refractivity contribution in [2.75, 3.05) is 20.1 Å². The minimum absolute atomic E-state index is 0.657. The van der Waals surface area contributed by atoms with Gasteiger partial charge in [0.15, 0.2) is 4.96 Å². The van der Waals surface area contributed by atoms with Crippen LogP contribution in [0.4, 0.5) is 0 Å². The molecule has 0 saturated heterocycles. The number of likely N-dealkylation sites (N-methyl/N-ethyl adjacent to an activating group) is 1. The summed E-state index contributed by atoms with van der Waals surface area (Å²) < 4.78 is 2.08. The van der Waals surface area contributed by atoms with Gasteiger partial charge >= 0.3 is 0 Å². The fourth-order valence-electron chi connectivity index (χ4n) is 1.87. The van der Waals surface area contributed by atoms with E-state index in [9.17, 15) is 0 Å². The van der Waals surface area contributed by atoms with Gasteiger partial charge < -0.3 is 10.2 Å². The molecule has 1 atom stereocenters. The minimum atomic E-state index is 0.657. The number of imidazole rings is 1. The van der Waals surface area contributed by atoms with Crippen molar-refractivity contribution < 1.29 is 0 Å². The van der Waals surface area contributed by atoms with Gasteiger partial charge in [-0.2, -0.15) is 0 Å². The number of thiazole rings is 1.